The molecule has 1 saturated heterocycles. The number of para-hydroxylation sites is 1. The van der Waals surface area contributed by atoms with Gasteiger partial charge in [-0.25, -0.2) is 0 Å². The zero-order chi connectivity index (χ0) is 13.7. The standard InChI is InChI=1S/C15H25N3O/c1-2-14(16)13-5-3-4-6-15(13)18-9-7-17(8-10-18)11-12-19/h3-6,14,19H,2,7-12,16H2,1H3. The van der Waals surface area contributed by atoms with Gasteiger partial charge in [0.2, 0.25) is 0 Å². The van der Waals surface area contributed by atoms with E-state index in [1.54, 1.807) is 0 Å². The summed E-state index contributed by atoms with van der Waals surface area (Å²) < 4.78 is 0. The molecule has 2 rings (SSSR count). The lowest BCUT2D eigenvalue weighted by molar-refractivity contribution is 0.188. The van der Waals surface area contributed by atoms with Crippen LogP contribution in [0.4, 0.5) is 5.69 Å². The first-order valence-electron chi connectivity index (χ1n) is 7.19. The molecule has 1 aliphatic rings. The second-order valence-corrected chi connectivity index (χ2v) is 5.13. The van der Waals surface area contributed by atoms with Gasteiger partial charge in [0.25, 0.3) is 0 Å². The molecule has 0 saturated carbocycles. The van der Waals surface area contributed by atoms with Crippen LogP contribution >= 0.6 is 0 Å². The van der Waals surface area contributed by atoms with Crippen molar-refractivity contribution in [2.45, 2.75) is 19.4 Å². The largest absolute Gasteiger partial charge is 0.395 e. The molecule has 1 atom stereocenters. The van der Waals surface area contributed by atoms with Crippen molar-refractivity contribution < 1.29 is 5.11 Å². The van der Waals surface area contributed by atoms with Gasteiger partial charge in [-0.3, -0.25) is 4.90 Å². The quantitative estimate of drug-likeness (QED) is 0.838. The molecule has 106 valence electrons. The zero-order valence-electron chi connectivity index (χ0n) is 11.8. The predicted octanol–water partition coefficient (Wildman–Crippen LogP) is 1.21. The molecule has 0 bridgehead atoms. The molecular weight excluding hydrogens is 238 g/mol. The van der Waals surface area contributed by atoms with Crippen molar-refractivity contribution in [1.82, 2.24) is 4.90 Å². The van der Waals surface area contributed by atoms with Crippen LogP contribution in [0.5, 0.6) is 0 Å². The van der Waals surface area contributed by atoms with Gasteiger partial charge in [-0.2, -0.15) is 0 Å². The van der Waals surface area contributed by atoms with Crippen LogP contribution in [0.15, 0.2) is 24.3 Å². The molecular formula is C15H25N3O. The van der Waals surface area contributed by atoms with Crippen molar-refractivity contribution in [3.63, 3.8) is 0 Å². The molecule has 1 fully saturated rings. The molecule has 0 spiro atoms. The summed E-state index contributed by atoms with van der Waals surface area (Å²) in [7, 11) is 0. The molecule has 1 aromatic carbocycles. The highest BCUT2D eigenvalue weighted by Crippen LogP contribution is 2.27. The maximum Gasteiger partial charge on any atom is 0.0558 e. The van der Waals surface area contributed by atoms with Crippen molar-refractivity contribution >= 4 is 5.69 Å². The number of rotatable bonds is 5. The number of aliphatic hydroxyl groups excluding tert-OH is 1. The second kappa shape index (κ2) is 6.89. The van der Waals surface area contributed by atoms with E-state index in [-0.39, 0.29) is 12.6 Å². The molecule has 1 heterocycles. The molecule has 19 heavy (non-hydrogen) atoms. The van der Waals surface area contributed by atoms with Gasteiger partial charge in [0.05, 0.1) is 6.61 Å². The molecule has 4 nitrogen and oxygen atoms in total. The minimum absolute atomic E-state index is 0.117. The number of β-amino-alcohol motifs (C(OH)–C–C–N with tert-alkyl or cyclic N) is 1. The molecule has 1 aromatic rings. The smallest absolute Gasteiger partial charge is 0.0558 e. The maximum atomic E-state index is 8.98. The summed E-state index contributed by atoms with van der Waals surface area (Å²) in [4.78, 5) is 4.72. The zero-order valence-corrected chi connectivity index (χ0v) is 11.8. The van der Waals surface area contributed by atoms with Crippen LogP contribution in [0.25, 0.3) is 0 Å². The topological polar surface area (TPSA) is 52.7 Å². The van der Waals surface area contributed by atoms with E-state index in [2.05, 4.69) is 41.0 Å². The molecule has 4 heteroatoms. The van der Waals surface area contributed by atoms with E-state index < -0.39 is 0 Å². The Kier molecular flexibility index (Phi) is 5.19. The Balaban J connectivity index is 2.07. The van der Waals surface area contributed by atoms with Crippen LogP contribution in [0.2, 0.25) is 0 Å². The van der Waals surface area contributed by atoms with Gasteiger partial charge in [0.1, 0.15) is 0 Å². The number of aliphatic hydroxyl groups is 1. The normalized spacial score (nSPS) is 18.6. The van der Waals surface area contributed by atoms with E-state index >= 15 is 0 Å². The highest BCUT2D eigenvalue weighted by molar-refractivity contribution is 5.55. The van der Waals surface area contributed by atoms with E-state index in [0.717, 1.165) is 39.1 Å². The fourth-order valence-electron chi connectivity index (χ4n) is 2.66. The number of hydrogen-bond donors (Lipinski definition) is 2. The SMILES string of the molecule is CCC(N)c1ccccc1N1CCN(CCO)CC1. The second-order valence-electron chi connectivity index (χ2n) is 5.13. The Labute approximate surface area is 115 Å². The predicted molar refractivity (Wildman–Crippen MR) is 79.4 cm³/mol. The van der Waals surface area contributed by atoms with E-state index in [9.17, 15) is 0 Å². The number of hydrogen-bond acceptors (Lipinski definition) is 4. The van der Waals surface area contributed by atoms with Crippen molar-refractivity contribution in [2.75, 3.05) is 44.2 Å². The van der Waals surface area contributed by atoms with Crippen molar-refractivity contribution in [3.05, 3.63) is 29.8 Å². The van der Waals surface area contributed by atoms with Crippen LogP contribution < -0.4 is 10.6 Å². The first-order valence-corrected chi connectivity index (χ1v) is 7.19. The van der Waals surface area contributed by atoms with Crippen LogP contribution in [0.3, 0.4) is 0 Å². The summed E-state index contributed by atoms with van der Waals surface area (Å²) in [5.41, 5.74) is 8.74. The number of benzene rings is 1. The van der Waals surface area contributed by atoms with E-state index in [4.69, 9.17) is 10.8 Å². The van der Waals surface area contributed by atoms with Gasteiger partial charge in [0.15, 0.2) is 0 Å². The Hall–Kier alpha value is -1.10. The van der Waals surface area contributed by atoms with Gasteiger partial charge in [0, 0.05) is 44.5 Å². The Morgan fingerprint density at radius 2 is 1.89 bits per heavy atom. The fraction of sp³-hybridized carbons (Fsp3) is 0.600. The summed E-state index contributed by atoms with van der Waals surface area (Å²) in [6, 6.07) is 8.58. The minimum Gasteiger partial charge on any atom is -0.395 e. The van der Waals surface area contributed by atoms with E-state index in [1.807, 2.05) is 0 Å². The average Bonchev–Trinajstić information content (AvgIpc) is 2.47. The first kappa shape index (κ1) is 14.3. The summed E-state index contributed by atoms with van der Waals surface area (Å²) in [5.74, 6) is 0. The lowest BCUT2D eigenvalue weighted by Crippen LogP contribution is -2.47. The van der Waals surface area contributed by atoms with Crippen LogP contribution in [0, 0.1) is 0 Å². The molecule has 0 aliphatic carbocycles. The average molecular weight is 263 g/mol. The third kappa shape index (κ3) is 3.47. The fourth-order valence-corrected chi connectivity index (χ4v) is 2.66. The van der Waals surface area contributed by atoms with Gasteiger partial charge in [-0.15, -0.1) is 0 Å². The molecule has 1 aliphatic heterocycles. The lowest BCUT2D eigenvalue weighted by atomic mass is 10.0. The van der Waals surface area contributed by atoms with Crippen molar-refractivity contribution in [3.8, 4) is 0 Å². The first-order chi connectivity index (χ1) is 9.26. The lowest BCUT2D eigenvalue weighted by Gasteiger charge is -2.37. The summed E-state index contributed by atoms with van der Waals surface area (Å²) in [6.07, 6.45) is 0.960. The van der Waals surface area contributed by atoms with Gasteiger partial charge >= 0.3 is 0 Å². The summed E-state index contributed by atoms with van der Waals surface area (Å²) in [5, 5.41) is 8.98. The van der Waals surface area contributed by atoms with Gasteiger partial charge in [-0.1, -0.05) is 25.1 Å². The molecule has 0 amide bonds. The van der Waals surface area contributed by atoms with Gasteiger partial charge in [-0.05, 0) is 18.1 Å². The molecule has 3 N–H and O–H groups in total. The van der Waals surface area contributed by atoms with E-state index in [0.29, 0.717) is 0 Å². The Bertz CT molecular complexity index is 389. The van der Waals surface area contributed by atoms with Crippen molar-refractivity contribution in [1.29, 1.82) is 0 Å². The Morgan fingerprint density at radius 1 is 1.21 bits per heavy atom. The third-order valence-electron chi connectivity index (χ3n) is 3.91. The van der Waals surface area contributed by atoms with Crippen molar-refractivity contribution in [2.24, 2.45) is 5.73 Å². The highest BCUT2D eigenvalue weighted by atomic mass is 16.3. The molecule has 1 unspecified atom stereocenters. The summed E-state index contributed by atoms with van der Waals surface area (Å²) in [6.45, 7) is 7.19. The number of nitrogens with zero attached hydrogens (tertiary/aromatic N) is 2. The number of piperazine rings is 1. The van der Waals surface area contributed by atoms with Crippen LogP contribution in [-0.2, 0) is 0 Å². The molecule has 0 radical (unpaired) electrons. The maximum absolute atomic E-state index is 8.98. The number of nitrogens with two attached hydrogens (primary N) is 1. The summed E-state index contributed by atoms with van der Waals surface area (Å²) >= 11 is 0. The minimum atomic E-state index is 0.117. The monoisotopic (exact) mass is 263 g/mol. The Morgan fingerprint density at radius 3 is 2.53 bits per heavy atom. The highest BCUT2D eigenvalue weighted by Gasteiger charge is 2.19. The van der Waals surface area contributed by atoms with E-state index in [1.165, 1.54) is 11.3 Å². The number of anilines is 1. The van der Waals surface area contributed by atoms with Crippen LogP contribution in [0.1, 0.15) is 24.9 Å². The van der Waals surface area contributed by atoms with Gasteiger partial charge < -0.3 is 15.7 Å². The van der Waals surface area contributed by atoms with Crippen LogP contribution in [-0.4, -0.2) is 49.3 Å². The molecule has 0 aromatic heterocycles. The third-order valence-corrected chi connectivity index (χ3v) is 3.91.